The minimum Gasteiger partial charge on any atom is -0.486 e. The fourth-order valence-corrected chi connectivity index (χ4v) is 3.08. The summed E-state index contributed by atoms with van der Waals surface area (Å²) in [4.78, 5) is 23.9. The maximum Gasteiger partial charge on any atom is 0.229 e. The molecule has 8 heteroatoms. The molecule has 3 heterocycles. The first-order valence-corrected chi connectivity index (χ1v) is 8.68. The Hall–Kier alpha value is -3.03. The van der Waals surface area contributed by atoms with Gasteiger partial charge in [-0.3, -0.25) is 4.79 Å². The van der Waals surface area contributed by atoms with E-state index in [-0.39, 0.29) is 0 Å². The number of hydrogen-bond donors (Lipinski definition) is 1. The molecule has 0 radical (unpaired) electrons. The van der Waals surface area contributed by atoms with Gasteiger partial charge in [0.05, 0.1) is 0 Å². The summed E-state index contributed by atoms with van der Waals surface area (Å²) in [6, 6.07) is 7.65. The van der Waals surface area contributed by atoms with E-state index in [4.69, 9.17) is 9.47 Å². The van der Waals surface area contributed by atoms with Crippen molar-refractivity contribution in [1.82, 2.24) is 14.9 Å². The molecule has 1 fully saturated rings. The van der Waals surface area contributed by atoms with Crippen LogP contribution in [0.2, 0.25) is 0 Å². The molecule has 0 atom stereocenters. The fourth-order valence-electron chi connectivity index (χ4n) is 3.08. The van der Waals surface area contributed by atoms with Gasteiger partial charge in [0, 0.05) is 49.7 Å². The van der Waals surface area contributed by atoms with Crippen molar-refractivity contribution in [3.63, 3.8) is 0 Å². The second-order valence-electron chi connectivity index (χ2n) is 6.30. The van der Waals surface area contributed by atoms with Gasteiger partial charge in [0.15, 0.2) is 11.5 Å². The summed E-state index contributed by atoms with van der Waals surface area (Å²) < 4.78 is 11.2. The van der Waals surface area contributed by atoms with Crippen LogP contribution in [0.25, 0.3) is 0 Å². The number of ether oxygens (including phenoxy) is 2. The van der Waals surface area contributed by atoms with Crippen molar-refractivity contribution in [2.24, 2.45) is 0 Å². The van der Waals surface area contributed by atoms with E-state index in [0.717, 1.165) is 48.2 Å². The normalized spacial score (nSPS) is 16.3. The molecule has 0 aliphatic carbocycles. The van der Waals surface area contributed by atoms with Crippen molar-refractivity contribution in [3.8, 4) is 11.5 Å². The molecule has 0 saturated carbocycles. The summed E-state index contributed by atoms with van der Waals surface area (Å²) in [6.45, 7) is 6.00. The summed E-state index contributed by atoms with van der Waals surface area (Å²) in [5.74, 6) is 2.87. The Morgan fingerprint density at radius 3 is 2.58 bits per heavy atom. The number of hydrogen-bond acceptors (Lipinski definition) is 7. The van der Waals surface area contributed by atoms with Crippen LogP contribution in [-0.4, -0.2) is 60.7 Å². The van der Waals surface area contributed by atoms with E-state index in [1.54, 1.807) is 4.90 Å². The lowest BCUT2D eigenvalue weighted by Crippen LogP contribution is -2.46. The first-order chi connectivity index (χ1) is 12.7. The molecular weight excluding hydrogens is 334 g/mol. The number of aromatic nitrogens is 2. The lowest BCUT2D eigenvalue weighted by molar-refractivity contribution is -0.118. The molecule has 0 spiro atoms. The Kier molecular flexibility index (Phi) is 4.47. The van der Waals surface area contributed by atoms with Crippen molar-refractivity contribution >= 4 is 23.9 Å². The maximum atomic E-state index is 10.9. The number of nitrogens with zero attached hydrogens (tertiary/aromatic N) is 4. The molecule has 0 bridgehead atoms. The molecule has 2 aromatic rings. The Balaban J connectivity index is 1.52. The van der Waals surface area contributed by atoms with Gasteiger partial charge in [0.25, 0.3) is 0 Å². The predicted octanol–water partition coefficient (Wildman–Crippen LogP) is 1.58. The van der Waals surface area contributed by atoms with E-state index in [9.17, 15) is 4.79 Å². The zero-order valence-electron chi connectivity index (χ0n) is 14.6. The zero-order valence-corrected chi connectivity index (χ0v) is 14.6. The molecule has 1 aromatic heterocycles. The standard InChI is InChI=1S/C18H21N5O3/c1-13-10-17(23-6-4-22(12-24)5-7-23)21-18(19-13)20-14-2-3-15-16(11-14)26-9-8-25-15/h2-3,10-12H,4-9H2,1H3,(H,19,20,21). The van der Waals surface area contributed by atoms with Gasteiger partial charge < -0.3 is 24.6 Å². The van der Waals surface area contributed by atoms with Crippen LogP contribution in [-0.2, 0) is 4.79 Å². The number of piperazine rings is 1. The van der Waals surface area contributed by atoms with Crippen molar-refractivity contribution in [3.05, 3.63) is 30.0 Å². The summed E-state index contributed by atoms with van der Waals surface area (Å²) in [5.41, 5.74) is 1.73. The molecule has 136 valence electrons. The topological polar surface area (TPSA) is 79.8 Å². The van der Waals surface area contributed by atoms with Crippen molar-refractivity contribution in [1.29, 1.82) is 0 Å². The van der Waals surface area contributed by atoms with Gasteiger partial charge in [-0.25, -0.2) is 4.98 Å². The molecule has 1 saturated heterocycles. The first kappa shape index (κ1) is 16.4. The summed E-state index contributed by atoms with van der Waals surface area (Å²) >= 11 is 0. The minimum atomic E-state index is 0.537. The molecule has 1 amide bonds. The van der Waals surface area contributed by atoms with Gasteiger partial charge in [-0.05, 0) is 19.1 Å². The highest BCUT2D eigenvalue weighted by molar-refractivity contribution is 5.61. The number of fused-ring (bicyclic) bond motifs is 1. The number of carbonyl (C=O) groups excluding carboxylic acids is 1. The van der Waals surface area contributed by atoms with E-state index in [1.165, 1.54) is 0 Å². The maximum absolute atomic E-state index is 10.9. The van der Waals surface area contributed by atoms with Gasteiger partial charge in [0.2, 0.25) is 12.4 Å². The van der Waals surface area contributed by atoms with Gasteiger partial charge in [-0.1, -0.05) is 0 Å². The van der Waals surface area contributed by atoms with E-state index in [0.29, 0.717) is 32.3 Å². The monoisotopic (exact) mass is 355 g/mol. The predicted molar refractivity (Wildman–Crippen MR) is 97.3 cm³/mol. The number of rotatable bonds is 4. The third-order valence-electron chi connectivity index (χ3n) is 4.43. The molecule has 1 aromatic carbocycles. The van der Waals surface area contributed by atoms with Gasteiger partial charge in [-0.2, -0.15) is 4.98 Å². The van der Waals surface area contributed by atoms with Crippen molar-refractivity contribution in [2.75, 3.05) is 49.6 Å². The lowest BCUT2D eigenvalue weighted by Gasteiger charge is -2.33. The number of benzene rings is 1. The highest BCUT2D eigenvalue weighted by Crippen LogP contribution is 2.33. The Labute approximate surface area is 151 Å². The average Bonchev–Trinajstić information content (AvgIpc) is 2.67. The molecule has 2 aliphatic heterocycles. The lowest BCUT2D eigenvalue weighted by atomic mass is 10.2. The summed E-state index contributed by atoms with van der Waals surface area (Å²) in [7, 11) is 0. The second kappa shape index (κ2) is 7.07. The Bertz CT molecular complexity index is 805. The van der Waals surface area contributed by atoms with Crippen LogP contribution in [0.5, 0.6) is 11.5 Å². The van der Waals surface area contributed by atoms with E-state index < -0.39 is 0 Å². The molecule has 4 rings (SSSR count). The molecular formula is C18H21N5O3. The zero-order chi connectivity index (χ0) is 17.9. The highest BCUT2D eigenvalue weighted by atomic mass is 16.6. The molecule has 1 N–H and O–H groups in total. The molecule has 8 nitrogen and oxygen atoms in total. The Morgan fingerprint density at radius 2 is 1.81 bits per heavy atom. The van der Waals surface area contributed by atoms with E-state index >= 15 is 0 Å². The number of anilines is 3. The summed E-state index contributed by atoms with van der Waals surface area (Å²) in [5, 5.41) is 3.24. The number of nitrogens with one attached hydrogen (secondary N) is 1. The molecule has 26 heavy (non-hydrogen) atoms. The van der Waals surface area contributed by atoms with Crippen LogP contribution < -0.4 is 19.7 Å². The fraction of sp³-hybridized carbons (Fsp3) is 0.389. The first-order valence-electron chi connectivity index (χ1n) is 8.68. The number of carbonyl (C=O) groups is 1. The van der Waals surface area contributed by atoms with Crippen molar-refractivity contribution < 1.29 is 14.3 Å². The van der Waals surface area contributed by atoms with E-state index in [1.807, 2.05) is 31.2 Å². The molecule has 2 aliphatic rings. The Morgan fingerprint density at radius 1 is 1.04 bits per heavy atom. The largest absolute Gasteiger partial charge is 0.486 e. The van der Waals surface area contributed by atoms with Crippen LogP contribution in [0.4, 0.5) is 17.5 Å². The van der Waals surface area contributed by atoms with Crippen LogP contribution in [0, 0.1) is 6.92 Å². The van der Waals surface area contributed by atoms with Gasteiger partial charge >= 0.3 is 0 Å². The summed E-state index contributed by atoms with van der Waals surface area (Å²) in [6.07, 6.45) is 0.900. The third-order valence-corrected chi connectivity index (χ3v) is 4.43. The SMILES string of the molecule is Cc1cc(N2CCN(C=O)CC2)nc(Nc2ccc3c(c2)OCCO3)n1. The number of amides is 1. The van der Waals surface area contributed by atoms with E-state index in [2.05, 4.69) is 20.2 Å². The van der Waals surface area contributed by atoms with Crippen LogP contribution in [0.3, 0.4) is 0 Å². The minimum absolute atomic E-state index is 0.537. The van der Waals surface area contributed by atoms with Gasteiger partial charge in [0.1, 0.15) is 19.0 Å². The third kappa shape index (κ3) is 3.49. The second-order valence-corrected chi connectivity index (χ2v) is 6.30. The highest BCUT2D eigenvalue weighted by Gasteiger charge is 2.18. The van der Waals surface area contributed by atoms with Crippen LogP contribution >= 0.6 is 0 Å². The average molecular weight is 355 g/mol. The van der Waals surface area contributed by atoms with Gasteiger partial charge in [-0.15, -0.1) is 0 Å². The number of aryl methyl sites for hydroxylation is 1. The smallest absolute Gasteiger partial charge is 0.229 e. The van der Waals surface area contributed by atoms with Crippen LogP contribution in [0.1, 0.15) is 5.69 Å². The van der Waals surface area contributed by atoms with Crippen molar-refractivity contribution in [2.45, 2.75) is 6.92 Å². The molecule has 0 unspecified atom stereocenters. The quantitative estimate of drug-likeness (QED) is 0.834. The van der Waals surface area contributed by atoms with Crippen LogP contribution in [0.15, 0.2) is 24.3 Å².